The molecule has 1 aromatic heterocycles. The quantitative estimate of drug-likeness (QED) is 0.417. The van der Waals surface area contributed by atoms with E-state index in [1.165, 1.54) is 28.5 Å². The van der Waals surface area contributed by atoms with Crippen molar-refractivity contribution in [2.75, 3.05) is 10.7 Å². The third-order valence-corrected chi connectivity index (χ3v) is 6.64. The molecule has 0 spiro atoms. The van der Waals surface area contributed by atoms with Gasteiger partial charge in [-0.3, -0.25) is 9.69 Å². The third-order valence-electron chi connectivity index (χ3n) is 5.73. The minimum atomic E-state index is 0.00711. The van der Waals surface area contributed by atoms with Gasteiger partial charge >= 0.3 is 0 Å². The number of nitrogens with zero attached hydrogens (tertiary/aromatic N) is 5. The number of rotatable bonds is 5. The average Bonchev–Trinajstić information content (AvgIpc) is 3.24. The van der Waals surface area contributed by atoms with Crippen LogP contribution in [-0.2, 0) is 24.1 Å². The number of fused-ring (bicyclic) bond motifs is 2. The standard InChI is InChI=1S/C25H23N5OS/c1-2-18-11-15-21(16-12-18)30-25(26-27-28-30)32-17-24(31)29-22-9-5-3-7-19(22)13-14-20-8-4-6-10-23(20)29/h3-12,15-16H,2,13-14,17H2,1H3. The summed E-state index contributed by atoms with van der Waals surface area (Å²) in [6.07, 6.45) is 2.80. The first kappa shape index (κ1) is 20.5. The van der Waals surface area contributed by atoms with Crippen molar-refractivity contribution in [3.05, 3.63) is 89.5 Å². The topological polar surface area (TPSA) is 63.9 Å². The van der Waals surface area contributed by atoms with E-state index in [-0.39, 0.29) is 11.7 Å². The maximum Gasteiger partial charge on any atom is 0.242 e. The molecule has 7 heteroatoms. The molecular weight excluding hydrogens is 418 g/mol. The maximum atomic E-state index is 13.5. The molecule has 0 saturated heterocycles. The number of carbonyl (C=O) groups excluding carboxylic acids is 1. The van der Waals surface area contributed by atoms with Crippen LogP contribution >= 0.6 is 11.8 Å². The minimum Gasteiger partial charge on any atom is -0.280 e. The van der Waals surface area contributed by atoms with Gasteiger partial charge in [-0.25, -0.2) is 0 Å². The third kappa shape index (κ3) is 3.91. The fourth-order valence-corrected chi connectivity index (χ4v) is 4.78. The van der Waals surface area contributed by atoms with Crippen molar-refractivity contribution in [3.8, 4) is 5.69 Å². The zero-order valence-electron chi connectivity index (χ0n) is 17.8. The van der Waals surface area contributed by atoms with Crippen LogP contribution in [0, 0.1) is 0 Å². The lowest BCUT2D eigenvalue weighted by molar-refractivity contribution is -0.115. The normalized spacial score (nSPS) is 12.7. The van der Waals surface area contributed by atoms with Crippen molar-refractivity contribution in [3.63, 3.8) is 0 Å². The number of amides is 1. The Labute approximate surface area is 191 Å². The number of carbonyl (C=O) groups is 1. The number of thioether (sulfide) groups is 1. The molecular formula is C25H23N5OS. The van der Waals surface area contributed by atoms with Crippen molar-refractivity contribution in [1.29, 1.82) is 0 Å². The number of aromatic nitrogens is 4. The molecule has 1 aliphatic rings. The zero-order valence-corrected chi connectivity index (χ0v) is 18.6. The van der Waals surface area contributed by atoms with Crippen molar-refractivity contribution >= 4 is 29.0 Å². The van der Waals surface area contributed by atoms with E-state index in [2.05, 4.69) is 46.7 Å². The van der Waals surface area contributed by atoms with Crippen molar-refractivity contribution < 1.29 is 4.79 Å². The second-order valence-electron chi connectivity index (χ2n) is 7.67. The first-order valence-corrected chi connectivity index (χ1v) is 11.7. The van der Waals surface area contributed by atoms with Gasteiger partial charge in [-0.1, -0.05) is 67.2 Å². The van der Waals surface area contributed by atoms with Gasteiger partial charge in [0.2, 0.25) is 11.1 Å². The van der Waals surface area contributed by atoms with E-state index in [9.17, 15) is 4.79 Å². The summed E-state index contributed by atoms with van der Waals surface area (Å²) >= 11 is 1.35. The molecule has 4 aromatic rings. The van der Waals surface area contributed by atoms with Gasteiger partial charge in [-0.15, -0.1) is 5.10 Å². The van der Waals surface area contributed by atoms with E-state index in [1.54, 1.807) is 4.68 Å². The van der Waals surface area contributed by atoms with Crippen LogP contribution in [0.1, 0.15) is 23.6 Å². The smallest absolute Gasteiger partial charge is 0.242 e. The fraction of sp³-hybridized carbons (Fsp3) is 0.200. The molecule has 0 radical (unpaired) electrons. The molecule has 0 saturated carbocycles. The number of anilines is 2. The van der Waals surface area contributed by atoms with Gasteiger partial charge in [0.05, 0.1) is 22.8 Å². The molecule has 32 heavy (non-hydrogen) atoms. The molecule has 0 bridgehead atoms. The van der Waals surface area contributed by atoms with Gasteiger partial charge in [0, 0.05) is 0 Å². The van der Waals surface area contributed by atoms with Crippen LogP contribution in [0.5, 0.6) is 0 Å². The Kier molecular flexibility index (Phi) is 5.73. The molecule has 0 fully saturated rings. The Balaban J connectivity index is 1.41. The SMILES string of the molecule is CCc1ccc(-n2nnnc2SCC(=O)N2c3ccccc3CCc3ccccc32)cc1. The molecule has 0 atom stereocenters. The van der Waals surface area contributed by atoms with Gasteiger partial charge in [-0.2, -0.15) is 4.68 Å². The zero-order chi connectivity index (χ0) is 21.9. The predicted octanol–water partition coefficient (Wildman–Crippen LogP) is 4.78. The minimum absolute atomic E-state index is 0.00711. The largest absolute Gasteiger partial charge is 0.280 e. The van der Waals surface area contributed by atoms with Crippen LogP contribution < -0.4 is 4.90 Å². The van der Waals surface area contributed by atoms with Crippen molar-refractivity contribution in [2.45, 2.75) is 31.3 Å². The van der Waals surface area contributed by atoms with Gasteiger partial charge in [0.25, 0.3) is 0 Å². The van der Waals surface area contributed by atoms with E-state index in [0.717, 1.165) is 36.3 Å². The summed E-state index contributed by atoms with van der Waals surface area (Å²) in [5.41, 5.74) is 6.42. The molecule has 6 nitrogen and oxygen atoms in total. The van der Waals surface area contributed by atoms with Gasteiger partial charge < -0.3 is 0 Å². The highest BCUT2D eigenvalue weighted by atomic mass is 32.2. The van der Waals surface area contributed by atoms with E-state index in [4.69, 9.17) is 0 Å². The molecule has 3 aromatic carbocycles. The Morgan fingerprint density at radius 2 is 1.53 bits per heavy atom. The van der Waals surface area contributed by atoms with E-state index in [1.807, 2.05) is 53.4 Å². The number of para-hydroxylation sites is 2. The summed E-state index contributed by atoms with van der Waals surface area (Å²) in [6.45, 7) is 2.12. The molecule has 0 aliphatic carbocycles. The van der Waals surface area contributed by atoms with Crippen molar-refractivity contribution in [1.82, 2.24) is 20.2 Å². The predicted molar refractivity (Wildman–Crippen MR) is 127 cm³/mol. The summed E-state index contributed by atoms with van der Waals surface area (Å²) < 4.78 is 1.68. The lowest BCUT2D eigenvalue weighted by atomic mass is 10.0. The van der Waals surface area contributed by atoms with Crippen LogP contribution in [-0.4, -0.2) is 31.9 Å². The lowest BCUT2D eigenvalue weighted by Crippen LogP contribution is -2.28. The average molecular weight is 442 g/mol. The molecule has 0 N–H and O–H groups in total. The number of benzene rings is 3. The number of aryl methyl sites for hydroxylation is 3. The Bertz CT molecular complexity index is 1200. The molecule has 5 rings (SSSR count). The van der Waals surface area contributed by atoms with E-state index >= 15 is 0 Å². The van der Waals surface area contributed by atoms with E-state index in [0.29, 0.717) is 5.16 Å². The number of hydrogen-bond donors (Lipinski definition) is 0. The lowest BCUT2D eigenvalue weighted by Gasteiger charge is -2.24. The van der Waals surface area contributed by atoms with Gasteiger partial charge in [0.15, 0.2) is 0 Å². The maximum absolute atomic E-state index is 13.5. The molecule has 1 amide bonds. The highest BCUT2D eigenvalue weighted by Crippen LogP contribution is 2.36. The molecule has 0 unspecified atom stereocenters. The first-order chi connectivity index (χ1) is 15.7. The summed E-state index contributed by atoms with van der Waals surface area (Å²) in [5, 5.41) is 12.7. The number of tetrazole rings is 1. The van der Waals surface area contributed by atoms with Crippen LogP contribution in [0.4, 0.5) is 11.4 Å². The van der Waals surface area contributed by atoms with Crippen LogP contribution in [0.15, 0.2) is 78.0 Å². The van der Waals surface area contributed by atoms with Crippen LogP contribution in [0.2, 0.25) is 0 Å². The summed E-state index contributed by atoms with van der Waals surface area (Å²) in [5.74, 6) is 0.239. The van der Waals surface area contributed by atoms with Gasteiger partial charge in [-0.05, 0) is 70.6 Å². The first-order valence-electron chi connectivity index (χ1n) is 10.7. The van der Waals surface area contributed by atoms with Crippen molar-refractivity contribution in [2.24, 2.45) is 0 Å². The second kappa shape index (κ2) is 8.96. The highest BCUT2D eigenvalue weighted by molar-refractivity contribution is 7.99. The van der Waals surface area contributed by atoms with Gasteiger partial charge in [0.1, 0.15) is 0 Å². The number of hydrogen-bond acceptors (Lipinski definition) is 5. The summed E-state index contributed by atoms with van der Waals surface area (Å²) in [6, 6.07) is 24.5. The highest BCUT2D eigenvalue weighted by Gasteiger charge is 2.26. The molecule has 1 aliphatic heterocycles. The monoisotopic (exact) mass is 441 g/mol. The van der Waals surface area contributed by atoms with E-state index < -0.39 is 0 Å². The molecule has 160 valence electrons. The van der Waals surface area contributed by atoms with Crippen LogP contribution in [0.3, 0.4) is 0 Å². The molecule has 2 heterocycles. The fourth-order valence-electron chi connectivity index (χ4n) is 4.04. The summed E-state index contributed by atoms with van der Waals surface area (Å²) in [4.78, 5) is 15.4. The second-order valence-corrected chi connectivity index (χ2v) is 8.61. The Morgan fingerprint density at radius 1 is 0.906 bits per heavy atom. The Hall–Kier alpha value is -3.45. The van der Waals surface area contributed by atoms with Crippen LogP contribution in [0.25, 0.3) is 5.69 Å². The summed E-state index contributed by atoms with van der Waals surface area (Å²) in [7, 11) is 0. The Morgan fingerprint density at radius 3 is 2.16 bits per heavy atom.